The molecule has 1 aliphatic carbocycles. The number of nitrogens with one attached hydrogen (secondary N) is 1. The van der Waals surface area contributed by atoms with Crippen molar-refractivity contribution in [3.8, 4) is 0 Å². The summed E-state index contributed by atoms with van der Waals surface area (Å²) < 4.78 is 13.5. The van der Waals surface area contributed by atoms with Gasteiger partial charge >= 0.3 is 0 Å². The van der Waals surface area contributed by atoms with Crippen molar-refractivity contribution in [3.05, 3.63) is 57.0 Å². The second-order valence-corrected chi connectivity index (χ2v) is 6.00. The zero-order valence-corrected chi connectivity index (χ0v) is 11.9. The van der Waals surface area contributed by atoms with Gasteiger partial charge in [0.2, 0.25) is 0 Å². The molecule has 0 aliphatic heterocycles. The van der Waals surface area contributed by atoms with Gasteiger partial charge in [-0.3, -0.25) is 4.79 Å². The summed E-state index contributed by atoms with van der Waals surface area (Å²) in [6, 6.07) is 6.53. The SMILES string of the molecule is O=C(NCc1ccccc1F)c1csc2c1CCCC2. The van der Waals surface area contributed by atoms with Crippen molar-refractivity contribution < 1.29 is 9.18 Å². The minimum absolute atomic E-state index is 0.0901. The number of hydrogen-bond donors (Lipinski definition) is 1. The molecule has 0 unspecified atom stereocenters. The van der Waals surface area contributed by atoms with Crippen LogP contribution in [-0.2, 0) is 19.4 Å². The third-order valence-corrected chi connectivity index (χ3v) is 4.79. The average Bonchev–Trinajstić information content (AvgIpc) is 2.90. The predicted molar refractivity (Wildman–Crippen MR) is 78.5 cm³/mol. The molecular formula is C16H16FNOS. The van der Waals surface area contributed by atoms with Gasteiger partial charge in [-0.15, -0.1) is 11.3 Å². The Morgan fingerprint density at radius 3 is 2.90 bits per heavy atom. The lowest BCUT2D eigenvalue weighted by molar-refractivity contribution is 0.0950. The van der Waals surface area contributed by atoms with Gasteiger partial charge in [-0.25, -0.2) is 4.39 Å². The normalized spacial score (nSPS) is 13.8. The summed E-state index contributed by atoms with van der Waals surface area (Å²) in [5.74, 6) is -0.368. The Morgan fingerprint density at radius 1 is 1.25 bits per heavy atom. The van der Waals surface area contributed by atoms with E-state index in [1.165, 1.54) is 22.9 Å². The standard InChI is InChI=1S/C16H16FNOS/c17-14-7-3-1-5-11(14)9-18-16(19)13-10-20-15-8-4-2-6-12(13)15/h1,3,5,7,10H,2,4,6,8-9H2,(H,18,19). The average molecular weight is 289 g/mol. The van der Waals surface area contributed by atoms with Crippen molar-refractivity contribution in [3.63, 3.8) is 0 Å². The van der Waals surface area contributed by atoms with Crippen molar-refractivity contribution in [2.75, 3.05) is 0 Å². The number of halogens is 1. The van der Waals surface area contributed by atoms with Crippen LogP contribution in [0.1, 0.15) is 39.2 Å². The molecule has 0 spiro atoms. The molecule has 2 aromatic rings. The van der Waals surface area contributed by atoms with E-state index in [1.54, 1.807) is 29.5 Å². The van der Waals surface area contributed by atoms with Crippen molar-refractivity contribution in [2.24, 2.45) is 0 Å². The topological polar surface area (TPSA) is 29.1 Å². The second-order valence-electron chi connectivity index (χ2n) is 5.03. The van der Waals surface area contributed by atoms with Gasteiger partial charge in [-0.05, 0) is 37.3 Å². The summed E-state index contributed by atoms with van der Waals surface area (Å²) in [4.78, 5) is 13.6. The molecule has 4 heteroatoms. The predicted octanol–water partition coefficient (Wildman–Crippen LogP) is 3.70. The van der Waals surface area contributed by atoms with Crippen LogP contribution < -0.4 is 5.32 Å². The Morgan fingerprint density at radius 2 is 2.05 bits per heavy atom. The molecule has 104 valence electrons. The Kier molecular flexibility index (Phi) is 3.83. The molecule has 1 amide bonds. The highest BCUT2D eigenvalue weighted by molar-refractivity contribution is 7.10. The van der Waals surface area contributed by atoms with E-state index in [4.69, 9.17) is 0 Å². The third kappa shape index (κ3) is 2.61. The van der Waals surface area contributed by atoms with Crippen LogP contribution in [0.15, 0.2) is 29.6 Å². The van der Waals surface area contributed by atoms with Crippen LogP contribution in [0.4, 0.5) is 4.39 Å². The molecule has 3 rings (SSSR count). The van der Waals surface area contributed by atoms with Crippen molar-refractivity contribution in [2.45, 2.75) is 32.2 Å². The smallest absolute Gasteiger partial charge is 0.252 e. The molecule has 0 saturated heterocycles. The third-order valence-electron chi connectivity index (χ3n) is 3.70. The van der Waals surface area contributed by atoms with Crippen molar-refractivity contribution in [1.82, 2.24) is 5.32 Å². The number of rotatable bonds is 3. The molecule has 0 bridgehead atoms. The first-order valence-electron chi connectivity index (χ1n) is 6.86. The minimum atomic E-state index is -0.278. The quantitative estimate of drug-likeness (QED) is 0.917. The van der Waals surface area contributed by atoms with Gasteiger partial charge in [0.1, 0.15) is 5.82 Å². The first-order valence-corrected chi connectivity index (χ1v) is 7.74. The Bertz CT molecular complexity index is 635. The summed E-state index contributed by atoms with van der Waals surface area (Å²) >= 11 is 1.67. The minimum Gasteiger partial charge on any atom is -0.348 e. The maximum atomic E-state index is 13.5. The zero-order valence-electron chi connectivity index (χ0n) is 11.1. The zero-order chi connectivity index (χ0) is 13.9. The first-order chi connectivity index (χ1) is 9.75. The number of hydrogen-bond acceptors (Lipinski definition) is 2. The molecule has 1 N–H and O–H groups in total. The van der Waals surface area contributed by atoms with Gasteiger partial charge in [-0.2, -0.15) is 0 Å². The van der Waals surface area contributed by atoms with Crippen LogP contribution in [0, 0.1) is 5.82 Å². The molecule has 2 nitrogen and oxygen atoms in total. The van der Waals surface area contributed by atoms with Crippen LogP contribution >= 0.6 is 11.3 Å². The highest BCUT2D eigenvalue weighted by atomic mass is 32.1. The number of amides is 1. The van der Waals surface area contributed by atoms with Crippen molar-refractivity contribution >= 4 is 17.2 Å². The monoisotopic (exact) mass is 289 g/mol. The Hall–Kier alpha value is -1.68. The van der Waals surface area contributed by atoms with Gasteiger partial charge in [0.05, 0.1) is 5.56 Å². The van der Waals surface area contributed by atoms with Gasteiger partial charge in [0, 0.05) is 22.4 Å². The number of aryl methyl sites for hydroxylation is 1. The van der Waals surface area contributed by atoms with E-state index in [9.17, 15) is 9.18 Å². The van der Waals surface area contributed by atoms with E-state index in [-0.39, 0.29) is 18.3 Å². The molecule has 1 aromatic heterocycles. The lowest BCUT2D eigenvalue weighted by atomic mass is 9.95. The molecule has 0 atom stereocenters. The van der Waals surface area contributed by atoms with E-state index in [2.05, 4.69) is 5.32 Å². The fourth-order valence-corrected chi connectivity index (χ4v) is 3.72. The molecule has 0 fully saturated rings. The van der Waals surface area contributed by atoms with E-state index >= 15 is 0 Å². The Labute approximate surface area is 121 Å². The van der Waals surface area contributed by atoms with Crippen LogP contribution in [0.3, 0.4) is 0 Å². The fraction of sp³-hybridized carbons (Fsp3) is 0.312. The molecule has 1 aromatic carbocycles. The lowest BCUT2D eigenvalue weighted by Crippen LogP contribution is -2.24. The summed E-state index contributed by atoms with van der Waals surface area (Å²) in [7, 11) is 0. The van der Waals surface area contributed by atoms with Crippen LogP contribution in [0.2, 0.25) is 0 Å². The van der Waals surface area contributed by atoms with Crippen molar-refractivity contribution in [1.29, 1.82) is 0 Å². The fourth-order valence-electron chi connectivity index (χ4n) is 2.60. The Balaban J connectivity index is 1.71. The van der Waals surface area contributed by atoms with Crippen LogP contribution in [0.5, 0.6) is 0 Å². The van der Waals surface area contributed by atoms with E-state index in [1.807, 2.05) is 5.38 Å². The van der Waals surface area contributed by atoms with E-state index < -0.39 is 0 Å². The summed E-state index contributed by atoms with van der Waals surface area (Å²) in [5, 5.41) is 4.76. The maximum Gasteiger partial charge on any atom is 0.252 e. The van der Waals surface area contributed by atoms with E-state index in [0.29, 0.717) is 5.56 Å². The van der Waals surface area contributed by atoms with Gasteiger partial charge in [0.15, 0.2) is 0 Å². The number of carbonyl (C=O) groups is 1. The highest BCUT2D eigenvalue weighted by Gasteiger charge is 2.19. The summed E-state index contributed by atoms with van der Waals surface area (Å²) in [6.07, 6.45) is 4.43. The van der Waals surface area contributed by atoms with Crippen LogP contribution in [0.25, 0.3) is 0 Å². The summed E-state index contributed by atoms with van der Waals surface area (Å²) in [5.41, 5.74) is 2.50. The molecule has 0 saturated carbocycles. The van der Waals surface area contributed by atoms with Gasteiger partial charge in [0.25, 0.3) is 5.91 Å². The number of carbonyl (C=O) groups excluding carboxylic acids is 1. The van der Waals surface area contributed by atoms with Gasteiger partial charge < -0.3 is 5.32 Å². The molecular weight excluding hydrogens is 273 g/mol. The number of benzene rings is 1. The molecule has 0 radical (unpaired) electrons. The first kappa shape index (κ1) is 13.3. The van der Waals surface area contributed by atoms with Gasteiger partial charge in [-0.1, -0.05) is 18.2 Å². The van der Waals surface area contributed by atoms with Crippen LogP contribution in [-0.4, -0.2) is 5.91 Å². The maximum absolute atomic E-state index is 13.5. The van der Waals surface area contributed by atoms with E-state index in [0.717, 1.165) is 24.8 Å². The number of fused-ring (bicyclic) bond motifs is 1. The highest BCUT2D eigenvalue weighted by Crippen LogP contribution is 2.30. The molecule has 20 heavy (non-hydrogen) atoms. The largest absolute Gasteiger partial charge is 0.348 e. The molecule has 1 aliphatic rings. The second kappa shape index (κ2) is 5.75. The number of thiophene rings is 1. The molecule has 1 heterocycles. The summed E-state index contributed by atoms with van der Waals surface area (Å²) in [6.45, 7) is 0.232. The lowest BCUT2D eigenvalue weighted by Gasteiger charge is -2.12.